The van der Waals surface area contributed by atoms with Gasteiger partial charge in [-0.05, 0) is 29.5 Å². The van der Waals surface area contributed by atoms with Crippen LogP contribution in [-0.2, 0) is 13.0 Å². The predicted molar refractivity (Wildman–Crippen MR) is 81.5 cm³/mol. The lowest BCUT2D eigenvalue weighted by Gasteiger charge is -2.08. The molecule has 2 N–H and O–H groups in total. The van der Waals surface area contributed by atoms with Crippen molar-refractivity contribution in [1.29, 1.82) is 0 Å². The minimum atomic E-state index is -0.427. The van der Waals surface area contributed by atoms with E-state index in [1.807, 2.05) is 5.38 Å². The highest BCUT2D eigenvalue weighted by molar-refractivity contribution is 7.10. The van der Waals surface area contributed by atoms with Crippen molar-refractivity contribution in [3.8, 4) is 0 Å². The van der Waals surface area contributed by atoms with Gasteiger partial charge in [-0.15, -0.1) is 11.3 Å². The van der Waals surface area contributed by atoms with Crippen LogP contribution in [0.3, 0.4) is 0 Å². The fourth-order valence-corrected chi connectivity index (χ4v) is 2.79. The largest absolute Gasteiger partial charge is 0.373 e. The smallest absolute Gasteiger partial charge is 0.311 e. The number of thiophene rings is 1. The molecule has 2 aromatic rings. The zero-order chi connectivity index (χ0) is 14.5. The van der Waals surface area contributed by atoms with Crippen molar-refractivity contribution in [3.05, 3.63) is 44.1 Å². The van der Waals surface area contributed by atoms with E-state index in [9.17, 15) is 10.1 Å². The summed E-state index contributed by atoms with van der Waals surface area (Å²) in [4.78, 5) is 16.0. The molecule has 2 heterocycles. The number of hydrogen-bond acceptors (Lipinski definition) is 6. The second-order valence-corrected chi connectivity index (χ2v) is 5.15. The number of nitrogens with zero attached hydrogens (tertiary/aromatic N) is 2. The average molecular weight is 292 g/mol. The maximum Gasteiger partial charge on any atom is 0.311 e. The molecule has 0 aliphatic carbocycles. The third-order valence-corrected chi connectivity index (χ3v) is 3.92. The van der Waals surface area contributed by atoms with Gasteiger partial charge in [0, 0.05) is 18.0 Å². The molecular formula is C13H16N4O2S. The van der Waals surface area contributed by atoms with Gasteiger partial charge in [0.05, 0.1) is 11.5 Å². The van der Waals surface area contributed by atoms with Crippen LogP contribution in [0.25, 0.3) is 0 Å². The fourth-order valence-electron chi connectivity index (χ4n) is 1.87. The summed E-state index contributed by atoms with van der Waals surface area (Å²) in [5.74, 6) is 0.886. The molecular weight excluding hydrogens is 276 g/mol. The summed E-state index contributed by atoms with van der Waals surface area (Å²) in [5, 5.41) is 19.0. The first-order chi connectivity index (χ1) is 9.65. The summed E-state index contributed by atoms with van der Waals surface area (Å²) in [6.07, 6.45) is 0.951. The Morgan fingerprint density at radius 2 is 2.20 bits per heavy atom. The van der Waals surface area contributed by atoms with Gasteiger partial charge in [-0.2, -0.15) is 0 Å². The number of aryl methyl sites for hydroxylation is 1. The number of rotatable bonds is 6. The summed E-state index contributed by atoms with van der Waals surface area (Å²) < 4.78 is 0. The minimum Gasteiger partial charge on any atom is -0.373 e. The van der Waals surface area contributed by atoms with Crippen LogP contribution in [0.4, 0.5) is 17.3 Å². The molecule has 0 amide bonds. The van der Waals surface area contributed by atoms with Crippen LogP contribution < -0.4 is 10.6 Å². The highest BCUT2D eigenvalue weighted by Gasteiger charge is 2.16. The van der Waals surface area contributed by atoms with Crippen LogP contribution in [0.2, 0.25) is 0 Å². The molecule has 0 spiro atoms. The van der Waals surface area contributed by atoms with E-state index in [1.165, 1.54) is 16.5 Å². The van der Waals surface area contributed by atoms with Crippen LogP contribution in [-0.4, -0.2) is 17.0 Å². The summed E-state index contributed by atoms with van der Waals surface area (Å²) >= 11 is 1.64. The standard InChI is InChI=1S/C13H16N4O2S/c1-3-9-6-7-20-11(9)8-15-13-10(17(18)19)4-5-12(14-2)16-13/h4-7H,3,8H2,1-2H3,(H2,14,15,16). The van der Waals surface area contributed by atoms with Crippen LogP contribution in [0.5, 0.6) is 0 Å². The molecule has 0 fully saturated rings. The van der Waals surface area contributed by atoms with E-state index in [2.05, 4.69) is 28.6 Å². The van der Waals surface area contributed by atoms with Crippen LogP contribution >= 0.6 is 11.3 Å². The normalized spacial score (nSPS) is 10.3. The highest BCUT2D eigenvalue weighted by Crippen LogP contribution is 2.26. The van der Waals surface area contributed by atoms with E-state index in [0.29, 0.717) is 12.4 Å². The van der Waals surface area contributed by atoms with E-state index < -0.39 is 4.92 Å². The molecule has 0 saturated heterocycles. The molecule has 0 aliphatic rings. The second-order valence-electron chi connectivity index (χ2n) is 4.15. The molecule has 0 saturated carbocycles. The number of nitrogens with one attached hydrogen (secondary N) is 2. The van der Waals surface area contributed by atoms with Gasteiger partial charge in [0.15, 0.2) is 0 Å². The van der Waals surface area contributed by atoms with Gasteiger partial charge in [0.1, 0.15) is 5.82 Å². The second kappa shape index (κ2) is 6.33. The molecule has 2 aromatic heterocycles. The van der Waals surface area contributed by atoms with Crippen molar-refractivity contribution >= 4 is 28.7 Å². The molecule has 0 bridgehead atoms. The third-order valence-electron chi connectivity index (χ3n) is 2.96. The molecule has 0 unspecified atom stereocenters. The van der Waals surface area contributed by atoms with Crippen molar-refractivity contribution in [2.75, 3.05) is 17.7 Å². The topological polar surface area (TPSA) is 80.1 Å². The lowest BCUT2D eigenvalue weighted by Crippen LogP contribution is -2.06. The first-order valence-corrected chi connectivity index (χ1v) is 7.16. The lowest BCUT2D eigenvalue weighted by atomic mass is 10.2. The Labute approximate surface area is 121 Å². The van der Waals surface area contributed by atoms with Crippen LogP contribution in [0, 0.1) is 10.1 Å². The predicted octanol–water partition coefficient (Wildman–Crippen LogP) is 3.27. The zero-order valence-electron chi connectivity index (χ0n) is 11.3. The molecule has 0 atom stereocenters. The number of nitro groups is 1. The Morgan fingerprint density at radius 1 is 1.40 bits per heavy atom. The molecule has 7 heteroatoms. The van der Waals surface area contributed by atoms with Crippen molar-refractivity contribution in [1.82, 2.24) is 4.98 Å². The Morgan fingerprint density at radius 3 is 2.85 bits per heavy atom. The van der Waals surface area contributed by atoms with Gasteiger partial charge in [0.2, 0.25) is 5.82 Å². The van der Waals surface area contributed by atoms with Crippen molar-refractivity contribution in [2.45, 2.75) is 19.9 Å². The monoisotopic (exact) mass is 292 g/mol. The Bertz CT molecular complexity index is 612. The molecule has 106 valence electrons. The van der Waals surface area contributed by atoms with E-state index in [-0.39, 0.29) is 11.5 Å². The molecule has 0 aliphatic heterocycles. The SMILES string of the molecule is CCc1ccsc1CNc1nc(NC)ccc1[N+](=O)[O-]. The van der Waals surface area contributed by atoms with Gasteiger partial charge < -0.3 is 10.6 Å². The maximum absolute atomic E-state index is 11.0. The van der Waals surface area contributed by atoms with Gasteiger partial charge in [-0.25, -0.2) is 4.98 Å². The van der Waals surface area contributed by atoms with Crippen molar-refractivity contribution < 1.29 is 4.92 Å². The Balaban J connectivity index is 2.21. The number of pyridine rings is 1. The van der Waals surface area contributed by atoms with Crippen LogP contribution in [0.15, 0.2) is 23.6 Å². The van der Waals surface area contributed by atoms with Gasteiger partial charge in [-0.3, -0.25) is 10.1 Å². The van der Waals surface area contributed by atoms with Gasteiger partial charge in [-0.1, -0.05) is 6.92 Å². The molecule has 2 rings (SSSR count). The number of anilines is 2. The summed E-state index contributed by atoms with van der Waals surface area (Å²) in [6.45, 7) is 2.63. The van der Waals surface area contributed by atoms with E-state index in [1.54, 1.807) is 24.5 Å². The highest BCUT2D eigenvalue weighted by atomic mass is 32.1. The quantitative estimate of drug-likeness (QED) is 0.631. The lowest BCUT2D eigenvalue weighted by molar-refractivity contribution is -0.384. The van der Waals surface area contributed by atoms with Gasteiger partial charge >= 0.3 is 5.69 Å². The number of hydrogen-bond donors (Lipinski definition) is 2. The molecule has 20 heavy (non-hydrogen) atoms. The molecule has 0 aromatic carbocycles. The molecule has 0 radical (unpaired) electrons. The maximum atomic E-state index is 11.0. The van der Waals surface area contributed by atoms with Crippen LogP contribution in [0.1, 0.15) is 17.4 Å². The number of aromatic nitrogens is 1. The molecule has 6 nitrogen and oxygen atoms in total. The summed E-state index contributed by atoms with van der Waals surface area (Å²) in [6, 6.07) is 5.12. The van der Waals surface area contributed by atoms with E-state index in [0.717, 1.165) is 6.42 Å². The first kappa shape index (κ1) is 14.3. The average Bonchev–Trinajstić information content (AvgIpc) is 2.91. The summed E-state index contributed by atoms with van der Waals surface area (Å²) in [5.41, 5.74) is 1.24. The first-order valence-electron chi connectivity index (χ1n) is 6.28. The minimum absolute atomic E-state index is 0.0152. The summed E-state index contributed by atoms with van der Waals surface area (Å²) in [7, 11) is 1.73. The van der Waals surface area contributed by atoms with Crippen molar-refractivity contribution in [2.24, 2.45) is 0 Å². The Kier molecular flexibility index (Phi) is 4.52. The van der Waals surface area contributed by atoms with Crippen molar-refractivity contribution in [3.63, 3.8) is 0 Å². The zero-order valence-corrected chi connectivity index (χ0v) is 12.2. The fraction of sp³-hybridized carbons (Fsp3) is 0.308. The Hall–Kier alpha value is -2.15. The van der Waals surface area contributed by atoms with E-state index in [4.69, 9.17) is 0 Å². The van der Waals surface area contributed by atoms with Gasteiger partial charge in [0.25, 0.3) is 0 Å². The van der Waals surface area contributed by atoms with E-state index >= 15 is 0 Å². The third kappa shape index (κ3) is 3.05.